The molecule has 18 heteroatoms. The van der Waals surface area contributed by atoms with Crippen LogP contribution in [0.15, 0.2) is 303 Å². The predicted octanol–water partition coefficient (Wildman–Crippen LogP) is 27.9. The molecule has 0 unspecified atom stereocenters. The van der Waals surface area contributed by atoms with Crippen LogP contribution in [-0.4, -0.2) is 54.8 Å². The molecule has 0 amide bonds. The van der Waals surface area contributed by atoms with Gasteiger partial charge in [0.05, 0.1) is 53.4 Å². The van der Waals surface area contributed by atoms with Gasteiger partial charge in [-0.2, -0.15) is 0 Å². The zero-order valence-electron chi connectivity index (χ0n) is 66.9. The zero-order valence-corrected chi connectivity index (χ0v) is 69.4. The number of aromatic nitrogens is 11. The second-order valence-electron chi connectivity index (χ2n) is 29.2. The monoisotopic (exact) mass is 1600 g/mol. The van der Waals surface area contributed by atoms with Crippen LogP contribution in [0.3, 0.4) is 0 Å². The van der Waals surface area contributed by atoms with E-state index in [-0.39, 0.29) is 0 Å². The number of aryl methyl sites for hydroxylation is 10. The number of furan rings is 4. The summed E-state index contributed by atoms with van der Waals surface area (Å²) in [5.41, 5.74) is 27.2. The molecule has 15 nitrogen and oxygen atoms in total. The first kappa shape index (κ1) is 76.1. The van der Waals surface area contributed by atoms with Crippen molar-refractivity contribution in [2.75, 3.05) is 0 Å². The van der Waals surface area contributed by atoms with Gasteiger partial charge in [0.15, 0.2) is 34.0 Å². The highest BCUT2D eigenvalue weighted by Gasteiger charge is 2.18. The van der Waals surface area contributed by atoms with E-state index in [1.165, 1.54) is 66.6 Å². The summed E-state index contributed by atoms with van der Waals surface area (Å²) in [5, 5.41) is 7.99. The third-order valence-electron chi connectivity index (χ3n) is 20.6. The summed E-state index contributed by atoms with van der Waals surface area (Å²) < 4.78 is 30.6. The molecule has 0 aliphatic carbocycles. The fourth-order valence-corrected chi connectivity index (χ4v) is 18.0. The fraction of sp³-hybridized carbons (Fsp3) is 0.0990. The lowest BCUT2D eigenvalue weighted by Crippen LogP contribution is -1.92. The SMILES string of the molecule is Cc1ccc(-c2nc(C)c3sc4ccccc4c3n2)cc1.Cc1ccc2c(c1)oc1cccnc12.Cc1ccnc2c1oc1ccc(-c3ccccc3)cc12.Cc1ccnc2c1oc1ccccc12.Cc1nc(-c2ccccc2)nc2c1oc1ccccc12.Cc1nc(C)c2sc3ccccc3c2n1.Cc1nc(C)c2sc3ccccc3c2n1. The van der Waals surface area contributed by atoms with Crippen LogP contribution in [-0.2, 0) is 0 Å². The van der Waals surface area contributed by atoms with Gasteiger partial charge in [0.1, 0.15) is 56.0 Å². The molecule has 0 spiro atoms. The molecular formula is C101H77N11O4S3. The molecule has 0 aliphatic rings. The van der Waals surface area contributed by atoms with Crippen molar-refractivity contribution in [2.45, 2.75) is 69.2 Å². The Morgan fingerprint density at radius 1 is 0.227 bits per heavy atom. The number of nitrogens with zero attached hydrogens (tertiary/aromatic N) is 11. The van der Waals surface area contributed by atoms with E-state index < -0.39 is 0 Å². The van der Waals surface area contributed by atoms with E-state index in [9.17, 15) is 0 Å². The number of fused-ring (bicyclic) bond motifs is 21. The maximum absolute atomic E-state index is 5.91. The van der Waals surface area contributed by atoms with E-state index >= 15 is 0 Å². The lowest BCUT2D eigenvalue weighted by Gasteiger charge is -2.03. The molecular weight excluding hydrogens is 1530 g/mol. The van der Waals surface area contributed by atoms with E-state index in [1.807, 2.05) is 182 Å². The summed E-state index contributed by atoms with van der Waals surface area (Å²) in [4.78, 5) is 49.7. The Labute approximate surface area is 696 Å². The minimum atomic E-state index is 0.738. The van der Waals surface area contributed by atoms with Gasteiger partial charge in [-0.1, -0.05) is 181 Å². The Morgan fingerprint density at radius 3 is 1.19 bits per heavy atom. The van der Waals surface area contributed by atoms with Gasteiger partial charge in [0.25, 0.3) is 0 Å². The van der Waals surface area contributed by atoms with Crippen molar-refractivity contribution in [3.8, 4) is 33.9 Å². The van der Waals surface area contributed by atoms with E-state index in [4.69, 9.17) is 27.6 Å². The molecule has 0 radical (unpaired) electrons. The zero-order chi connectivity index (χ0) is 81.4. The molecule has 119 heavy (non-hydrogen) atoms. The molecule has 0 saturated carbocycles. The van der Waals surface area contributed by atoms with Crippen LogP contribution >= 0.6 is 34.0 Å². The minimum Gasteiger partial charge on any atom is -0.454 e. The van der Waals surface area contributed by atoms with Crippen molar-refractivity contribution < 1.29 is 17.7 Å². The summed E-state index contributed by atoms with van der Waals surface area (Å²) in [6.45, 7) is 20.2. The molecule has 0 saturated heterocycles. The second kappa shape index (κ2) is 32.8. The third kappa shape index (κ3) is 15.5. The average Bonchev–Trinajstić information content (AvgIpc) is 1.59. The van der Waals surface area contributed by atoms with E-state index in [1.54, 1.807) is 40.2 Å². The largest absolute Gasteiger partial charge is 0.454 e. The molecule has 0 fully saturated rings. The standard InChI is InChI=1S/C18H14N2S.C18H13NO.C17H12N2O.2C12H10N2S.2C12H9NO/c1-11-7-9-13(10-8-11)18-19-12(2)17-16(20-18)14-5-3-4-6-15(14)21-17;1-12-9-10-19-17-15-11-14(13-5-3-2-4-6-13)7-8-16(15)20-18(12)17;1-11-16-15(13-9-5-6-10-14(13)20-16)19-17(18-11)12-7-3-2-4-8-12;2*1-7-12-11(14-8(2)13-7)9-5-3-4-6-10(9)15-12;1-8-4-5-9-11(7-8)14-10-3-2-6-13-12(9)10;1-8-6-7-13-11-9-4-2-3-5-10(9)14-12(8)11/h3-10H,1-2H3;2-11H,1H3;2-10H,1H3;2*3-6H,1-2H3;2*2-7H,1H3. The van der Waals surface area contributed by atoms with Gasteiger partial charge in [-0.3, -0.25) is 15.0 Å². The van der Waals surface area contributed by atoms with Crippen LogP contribution in [0, 0.1) is 69.2 Å². The van der Waals surface area contributed by atoms with E-state index in [2.05, 4.69) is 211 Å². The lowest BCUT2D eigenvalue weighted by molar-refractivity contribution is 0.661. The normalized spacial score (nSPS) is 11.3. The summed E-state index contributed by atoms with van der Waals surface area (Å²) in [6.07, 6.45) is 5.44. The summed E-state index contributed by atoms with van der Waals surface area (Å²) in [5.74, 6) is 3.25. The Hall–Kier alpha value is -14.2. The first-order valence-electron chi connectivity index (χ1n) is 39.1. The Kier molecular flexibility index (Phi) is 21.0. The van der Waals surface area contributed by atoms with Crippen molar-refractivity contribution >= 4 is 183 Å². The fourth-order valence-electron chi connectivity index (χ4n) is 14.8. The van der Waals surface area contributed by atoms with Gasteiger partial charge in [0, 0.05) is 81.5 Å². The first-order chi connectivity index (χ1) is 58.1. The smallest absolute Gasteiger partial charge is 0.175 e. The van der Waals surface area contributed by atoms with Crippen molar-refractivity contribution in [3.63, 3.8) is 0 Å². The van der Waals surface area contributed by atoms with Gasteiger partial charge in [-0.05, 0) is 188 Å². The van der Waals surface area contributed by atoms with Crippen molar-refractivity contribution in [3.05, 3.63) is 342 Å². The first-order valence-corrected chi connectivity index (χ1v) is 41.5. The van der Waals surface area contributed by atoms with Crippen LogP contribution < -0.4 is 0 Å². The van der Waals surface area contributed by atoms with E-state index in [0.29, 0.717) is 0 Å². The van der Waals surface area contributed by atoms with Crippen LogP contribution in [0.5, 0.6) is 0 Å². The molecule has 0 atom stereocenters. The summed E-state index contributed by atoms with van der Waals surface area (Å²) >= 11 is 5.31. The quantitative estimate of drug-likeness (QED) is 0.162. The van der Waals surface area contributed by atoms with Crippen molar-refractivity contribution in [1.29, 1.82) is 0 Å². The molecule has 14 aromatic heterocycles. The Bertz CT molecular complexity index is 7790. The number of hydrogen-bond donors (Lipinski definition) is 0. The van der Waals surface area contributed by atoms with E-state index in [0.717, 1.165) is 173 Å². The van der Waals surface area contributed by atoms with Crippen LogP contribution in [0.4, 0.5) is 0 Å². The summed E-state index contributed by atoms with van der Waals surface area (Å²) in [6, 6.07) is 90.1. The minimum absolute atomic E-state index is 0.738. The van der Waals surface area contributed by atoms with Gasteiger partial charge in [0.2, 0.25) is 0 Å². The highest BCUT2D eigenvalue weighted by atomic mass is 32.1. The molecule has 24 rings (SSSR count). The topological polar surface area (TPSA) is 194 Å². The maximum atomic E-state index is 5.91. The molecule has 10 aromatic carbocycles. The number of rotatable bonds is 3. The highest BCUT2D eigenvalue weighted by molar-refractivity contribution is 7.26. The van der Waals surface area contributed by atoms with Crippen LogP contribution in [0.25, 0.3) is 183 Å². The number of pyridine rings is 3. The van der Waals surface area contributed by atoms with Crippen molar-refractivity contribution in [2.24, 2.45) is 0 Å². The lowest BCUT2D eigenvalue weighted by atomic mass is 10.0. The predicted molar refractivity (Wildman–Crippen MR) is 492 cm³/mol. The molecule has 0 aliphatic heterocycles. The van der Waals surface area contributed by atoms with Gasteiger partial charge >= 0.3 is 0 Å². The molecule has 0 N–H and O–H groups in total. The molecule has 0 bridgehead atoms. The Morgan fingerprint density at radius 2 is 0.630 bits per heavy atom. The van der Waals surface area contributed by atoms with Gasteiger partial charge in [-0.25, -0.2) is 39.9 Å². The van der Waals surface area contributed by atoms with Gasteiger partial charge < -0.3 is 17.7 Å². The van der Waals surface area contributed by atoms with Crippen LogP contribution in [0.2, 0.25) is 0 Å². The highest BCUT2D eigenvalue weighted by Crippen LogP contribution is 2.40. The van der Waals surface area contributed by atoms with Crippen LogP contribution in [0.1, 0.15) is 56.7 Å². The third-order valence-corrected chi connectivity index (χ3v) is 24.4. The number of hydrogen-bond acceptors (Lipinski definition) is 18. The van der Waals surface area contributed by atoms with Gasteiger partial charge in [-0.15, -0.1) is 34.0 Å². The maximum Gasteiger partial charge on any atom is 0.175 e. The summed E-state index contributed by atoms with van der Waals surface area (Å²) in [7, 11) is 0. The average molecular weight is 1610 g/mol. The van der Waals surface area contributed by atoms with Crippen molar-refractivity contribution in [1.82, 2.24) is 54.8 Å². The number of benzene rings is 10. The molecule has 24 aromatic rings. The second-order valence-corrected chi connectivity index (χ2v) is 32.3. The molecule has 578 valence electrons. The number of para-hydroxylation sites is 2. The molecule has 14 heterocycles. The Balaban J connectivity index is 0.0000000960. The number of thiophene rings is 3.